The third kappa shape index (κ3) is 2.97. The number of hydrogen-bond donors (Lipinski definition) is 2. The summed E-state index contributed by atoms with van der Waals surface area (Å²) in [5, 5.41) is 0.689. The van der Waals surface area contributed by atoms with Gasteiger partial charge in [0.05, 0.1) is 17.4 Å². The molecule has 0 aliphatic heterocycles. The SMILES string of the molecule is CC(C)(C)c1ccc(Cn2cc(C(N)=O)c3cc(N)cnc32)cc1. The number of anilines is 1. The van der Waals surface area contributed by atoms with Crippen LogP contribution in [0.5, 0.6) is 0 Å². The van der Waals surface area contributed by atoms with Gasteiger partial charge in [-0.1, -0.05) is 45.0 Å². The predicted molar refractivity (Wildman–Crippen MR) is 96.9 cm³/mol. The normalized spacial score (nSPS) is 11.8. The van der Waals surface area contributed by atoms with Crippen molar-refractivity contribution in [2.24, 2.45) is 5.73 Å². The molecule has 124 valence electrons. The molecular formula is C19H22N4O. The van der Waals surface area contributed by atoms with E-state index in [0.717, 1.165) is 5.56 Å². The highest BCUT2D eigenvalue weighted by Crippen LogP contribution is 2.25. The topological polar surface area (TPSA) is 86.9 Å². The Labute approximate surface area is 141 Å². The van der Waals surface area contributed by atoms with Gasteiger partial charge in [0.2, 0.25) is 0 Å². The number of carbonyl (C=O) groups excluding carboxylic acids is 1. The molecule has 2 aromatic heterocycles. The van der Waals surface area contributed by atoms with E-state index < -0.39 is 5.91 Å². The first-order chi connectivity index (χ1) is 11.3. The van der Waals surface area contributed by atoms with Gasteiger partial charge in [-0.15, -0.1) is 0 Å². The number of nitrogens with two attached hydrogens (primary N) is 2. The van der Waals surface area contributed by atoms with Crippen LogP contribution in [0.3, 0.4) is 0 Å². The lowest BCUT2D eigenvalue weighted by atomic mass is 9.87. The largest absolute Gasteiger partial charge is 0.397 e. The minimum absolute atomic E-state index is 0.122. The molecule has 5 heteroatoms. The van der Waals surface area contributed by atoms with Crippen LogP contribution in [-0.4, -0.2) is 15.5 Å². The number of nitrogen functional groups attached to an aromatic ring is 1. The molecule has 0 aliphatic carbocycles. The summed E-state index contributed by atoms with van der Waals surface area (Å²) in [6.45, 7) is 7.18. The van der Waals surface area contributed by atoms with Crippen LogP contribution in [0.1, 0.15) is 42.3 Å². The van der Waals surface area contributed by atoms with Crippen LogP contribution in [0.25, 0.3) is 11.0 Å². The molecule has 0 saturated carbocycles. The molecule has 0 fully saturated rings. The molecule has 0 saturated heterocycles. The minimum Gasteiger partial charge on any atom is -0.397 e. The van der Waals surface area contributed by atoms with E-state index in [4.69, 9.17) is 11.5 Å². The van der Waals surface area contributed by atoms with Gasteiger partial charge in [0, 0.05) is 18.1 Å². The zero-order chi connectivity index (χ0) is 17.5. The highest BCUT2D eigenvalue weighted by molar-refractivity contribution is 6.06. The van der Waals surface area contributed by atoms with Crippen LogP contribution in [0.15, 0.2) is 42.7 Å². The van der Waals surface area contributed by atoms with Gasteiger partial charge >= 0.3 is 0 Å². The summed E-state index contributed by atoms with van der Waals surface area (Å²) >= 11 is 0. The van der Waals surface area contributed by atoms with E-state index in [1.54, 1.807) is 18.5 Å². The Balaban J connectivity index is 2.00. The third-order valence-electron chi connectivity index (χ3n) is 4.17. The van der Waals surface area contributed by atoms with Gasteiger partial charge in [0.1, 0.15) is 5.65 Å². The second-order valence-corrected chi connectivity index (χ2v) is 7.12. The Morgan fingerprint density at radius 1 is 1.21 bits per heavy atom. The second-order valence-electron chi connectivity index (χ2n) is 7.12. The van der Waals surface area contributed by atoms with Crippen molar-refractivity contribution in [1.82, 2.24) is 9.55 Å². The van der Waals surface area contributed by atoms with Gasteiger partial charge in [0.15, 0.2) is 0 Å². The van der Waals surface area contributed by atoms with Crippen LogP contribution >= 0.6 is 0 Å². The van der Waals surface area contributed by atoms with E-state index >= 15 is 0 Å². The number of fused-ring (bicyclic) bond motifs is 1. The first-order valence-electron chi connectivity index (χ1n) is 7.89. The first kappa shape index (κ1) is 16.1. The van der Waals surface area contributed by atoms with Crippen LogP contribution in [0.2, 0.25) is 0 Å². The fourth-order valence-electron chi connectivity index (χ4n) is 2.81. The monoisotopic (exact) mass is 322 g/mol. The zero-order valence-electron chi connectivity index (χ0n) is 14.2. The van der Waals surface area contributed by atoms with Crippen molar-refractivity contribution < 1.29 is 4.79 Å². The molecule has 1 amide bonds. The van der Waals surface area contributed by atoms with Crippen molar-refractivity contribution in [3.05, 3.63) is 59.4 Å². The number of nitrogens with zero attached hydrogens (tertiary/aromatic N) is 2. The van der Waals surface area contributed by atoms with E-state index in [1.807, 2.05) is 4.57 Å². The predicted octanol–water partition coefficient (Wildman–Crippen LogP) is 3.06. The van der Waals surface area contributed by atoms with E-state index in [1.165, 1.54) is 5.56 Å². The molecule has 3 rings (SSSR count). The number of amides is 1. The van der Waals surface area contributed by atoms with Gasteiger partial charge in [-0.3, -0.25) is 4.79 Å². The Kier molecular flexibility index (Phi) is 3.79. The summed E-state index contributed by atoms with van der Waals surface area (Å²) in [4.78, 5) is 16.1. The third-order valence-corrected chi connectivity index (χ3v) is 4.17. The number of primary amides is 1. The summed E-state index contributed by atoms with van der Waals surface area (Å²) in [5.41, 5.74) is 15.5. The Hall–Kier alpha value is -2.82. The van der Waals surface area contributed by atoms with Gasteiger partial charge in [0.25, 0.3) is 5.91 Å². The zero-order valence-corrected chi connectivity index (χ0v) is 14.2. The van der Waals surface area contributed by atoms with Gasteiger partial charge in [-0.2, -0.15) is 0 Å². The molecule has 0 bridgehead atoms. The average Bonchev–Trinajstić information content (AvgIpc) is 2.85. The maximum atomic E-state index is 11.7. The van der Waals surface area contributed by atoms with Crippen molar-refractivity contribution in [2.75, 3.05) is 5.73 Å². The molecule has 0 spiro atoms. The van der Waals surface area contributed by atoms with Crippen molar-refractivity contribution in [3.8, 4) is 0 Å². The minimum atomic E-state index is -0.478. The van der Waals surface area contributed by atoms with Crippen LogP contribution in [0.4, 0.5) is 5.69 Å². The number of benzene rings is 1. The fourth-order valence-corrected chi connectivity index (χ4v) is 2.81. The summed E-state index contributed by atoms with van der Waals surface area (Å²) in [7, 11) is 0. The highest BCUT2D eigenvalue weighted by atomic mass is 16.1. The standard InChI is InChI=1S/C19H22N4O/c1-19(2,3)13-6-4-12(5-7-13)10-23-11-16(17(21)24)15-8-14(20)9-22-18(15)23/h4-9,11H,10,20H2,1-3H3,(H2,21,24). The Morgan fingerprint density at radius 2 is 1.88 bits per heavy atom. The van der Waals surface area contributed by atoms with Gasteiger partial charge in [-0.05, 0) is 22.6 Å². The lowest BCUT2D eigenvalue weighted by Gasteiger charge is -2.19. The average molecular weight is 322 g/mol. The van der Waals surface area contributed by atoms with E-state index in [0.29, 0.717) is 28.8 Å². The maximum absolute atomic E-state index is 11.7. The van der Waals surface area contributed by atoms with E-state index in [-0.39, 0.29) is 5.41 Å². The number of rotatable bonds is 3. The highest BCUT2D eigenvalue weighted by Gasteiger charge is 2.15. The van der Waals surface area contributed by atoms with E-state index in [9.17, 15) is 4.79 Å². The lowest BCUT2D eigenvalue weighted by Crippen LogP contribution is -2.11. The fraction of sp³-hybridized carbons (Fsp3) is 0.263. The summed E-state index contributed by atoms with van der Waals surface area (Å²) in [5.74, 6) is -0.478. The van der Waals surface area contributed by atoms with Gasteiger partial charge < -0.3 is 16.0 Å². The molecule has 5 nitrogen and oxygen atoms in total. The molecule has 0 aliphatic rings. The number of hydrogen-bond acceptors (Lipinski definition) is 3. The molecular weight excluding hydrogens is 300 g/mol. The number of aromatic nitrogens is 2. The molecule has 4 N–H and O–H groups in total. The first-order valence-corrected chi connectivity index (χ1v) is 7.89. The summed E-state index contributed by atoms with van der Waals surface area (Å²) in [6, 6.07) is 10.2. The molecule has 0 radical (unpaired) electrons. The maximum Gasteiger partial charge on any atom is 0.250 e. The van der Waals surface area contributed by atoms with Crippen molar-refractivity contribution in [3.63, 3.8) is 0 Å². The molecule has 0 atom stereocenters. The van der Waals surface area contributed by atoms with Crippen LogP contribution in [0, 0.1) is 0 Å². The van der Waals surface area contributed by atoms with E-state index in [2.05, 4.69) is 50.0 Å². The van der Waals surface area contributed by atoms with Crippen molar-refractivity contribution >= 4 is 22.6 Å². The lowest BCUT2D eigenvalue weighted by molar-refractivity contribution is 0.100. The number of carbonyl (C=O) groups is 1. The van der Waals surface area contributed by atoms with Crippen LogP contribution < -0.4 is 11.5 Å². The van der Waals surface area contributed by atoms with Gasteiger partial charge in [-0.25, -0.2) is 4.98 Å². The molecule has 24 heavy (non-hydrogen) atoms. The molecule has 0 unspecified atom stereocenters. The summed E-state index contributed by atoms with van der Waals surface area (Å²) < 4.78 is 1.93. The van der Waals surface area contributed by atoms with Crippen LogP contribution in [-0.2, 0) is 12.0 Å². The molecule has 1 aromatic carbocycles. The molecule has 2 heterocycles. The van der Waals surface area contributed by atoms with Crippen molar-refractivity contribution in [2.45, 2.75) is 32.7 Å². The number of pyridine rings is 1. The summed E-state index contributed by atoms with van der Waals surface area (Å²) in [6.07, 6.45) is 3.34. The Morgan fingerprint density at radius 3 is 2.46 bits per heavy atom. The molecule has 3 aromatic rings. The second kappa shape index (κ2) is 5.67. The smallest absolute Gasteiger partial charge is 0.250 e. The van der Waals surface area contributed by atoms with Crippen molar-refractivity contribution in [1.29, 1.82) is 0 Å². The Bertz CT molecular complexity index is 902. The quantitative estimate of drug-likeness (QED) is 0.777.